The van der Waals surface area contributed by atoms with Crippen LogP contribution in [0.3, 0.4) is 0 Å². The highest BCUT2D eigenvalue weighted by Gasteiger charge is 2.31. The van der Waals surface area contributed by atoms with Gasteiger partial charge in [0.25, 0.3) is 5.91 Å². The van der Waals surface area contributed by atoms with Crippen LogP contribution in [0.5, 0.6) is 5.75 Å². The number of nitrogens with one attached hydrogen (secondary N) is 1. The fourth-order valence-corrected chi connectivity index (χ4v) is 7.20. The molecule has 3 aromatic rings. The molecule has 0 fully saturated rings. The average Bonchev–Trinajstić information content (AvgIpc) is 3.38. The zero-order valence-corrected chi connectivity index (χ0v) is 20.0. The minimum atomic E-state index is -0.428. The van der Waals surface area contributed by atoms with Crippen molar-refractivity contribution in [3.63, 3.8) is 0 Å². The Bertz CT molecular complexity index is 1220. The number of carbonyl (C=O) groups is 2. The van der Waals surface area contributed by atoms with Gasteiger partial charge in [0, 0.05) is 20.7 Å². The number of hydrogen-bond acceptors (Lipinski definition) is 6. The molecule has 0 bridgehead atoms. The standard InChI is InChI=1S/C25H25NO4S2/c1-13-4-7-17-18(12-31-20(17)10-13)23(27)26-24-22(25(28)30-3)21-16-8-6-15(29-2)11-14(16)5-9-19(21)32-24/h6,8,11-13H,4-5,7,9-10H2,1-3H3,(H,26,27). The molecule has 5 rings (SSSR count). The number of carbonyl (C=O) groups excluding carboxylic acids is 2. The molecule has 2 aliphatic rings. The van der Waals surface area contributed by atoms with Gasteiger partial charge >= 0.3 is 5.97 Å². The summed E-state index contributed by atoms with van der Waals surface area (Å²) in [5.41, 5.74) is 5.38. The molecule has 1 N–H and O–H groups in total. The van der Waals surface area contributed by atoms with E-state index in [0.717, 1.165) is 65.0 Å². The highest BCUT2D eigenvalue weighted by atomic mass is 32.1. The van der Waals surface area contributed by atoms with E-state index in [4.69, 9.17) is 9.47 Å². The molecule has 1 amide bonds. The van der Waals surface area contributed by atoms with Crippen LogP contribution in [0.25, 0.3) is 11.1 Å². The van der Waals surface area contributed by atoms with Gasteiger partial charge in [0.05, 0.1) is 19.8 Å². The van der Waals surface area contributed by atoms with Gasteiger partial charge in [0.15, 0.2) is 0 Å². The number of methoxy groups -OCH3 is 2. The van der Waals surface area contributed by atoms with Gasteiger partial charge in [-0.25, -0.2) is 4.79 Å². The number of rotatable bonds is 4. The van der Waals surface area contributed by atoms with Crippen molar-refractivity contribution in [3.05, 3.63) is 55.6 Å². The summed E-state index contributed by atoms with van der Waals surface area (Å²) in [6, 6.07) is 5.92. The lowest BCUT2D eigenvalue weighted by Gasteiger charge is -2.19. The molecular formula is C25H25NO4S2. The van der Waals surface area contributed by atoms with Crippen molar-refractivity contribution in [1.29, 1.82) is 0 Å². The number of benzene rings is 1. The second-order valence-corrected chi connectivity index (χ2v) is 10.5. The number of esters is 1. The minimum Gasteiger partial charge on any atom is -0.497 e. The first-order valence-electron chi connectivity index (χ1n) is 10.8. The van der Waals surface area contributed by atoms with Crippen molar-refractivity contribution in [3.8, 4) is 16.9 Å². The lowest BCUT2D eigenvalue weighted by molar-refractivity contribution is 0.0603. The molecule has 32 heavy (non-hydrogen) atoms. The zero-order valence-electron chi connectivity index (χ0n) is 18.4. The van der Waals surface area contributed by atoms with Crippen LogP contribution in [0.1, 0.15) is 54.9 Å². The van der Waals surface area contributed by atoms with Crippen LogP contribution in [0, 0.1) is 5.92 Å². The van der Waals surface area contributed by atoms with Gasteiger partial charge in [-0.2, -0.15) is 0 Å². The lowest BCUT2D eigenvalue weighted by Crippen LogP contribution is -2.17. The maximum atomic E-state index is 13.3. The van der Waals surface area contributed by atoms with E-state index >= 15 is 0 Å². The van der Waals surface area contributed by atoms with Gasteiger partial charge in [-0.05, 0) is 66.8 Å². The van der Waals surface area contributed by atoms with Gasteiger partial charge in [-0.3, -0.25) is 4.79 Å². The fraction of sp³-hybridized carbons (Fsp3) is 0.360. The highest BCUT2D eigenvalue weighted by Crippen LogP contribution is 2.46. The van der Waals surface area contributed by atoms with Crippen molar-refractivity contribution < 1.29 is 19.1 Å². The van der Waals surface area contributed by atoms with Crippen LogP contribution in [0.4, 0.5) is 5.00 Å². The molecule has 2 aliphatic carbocycles. The van der Waals surface area contributed by atoms with Crippen LogP contribution in [-0.2, 0) is 30.4 Å². The predicted octanol–water partition coefficient (Wildman–Crippen LogP) is 5.75. The van der Waals surface area contributed by atoms with Gasteiger partial charge in [0.1, 0.15) is 16.3 Å². The molecule has 0 aliphatic heterocycles. The van der Waals surface area contributed by atoms with Crippen LogP contribution in [-0.4, -0.2) is 26.1 Å². The molecule has 7 heteroatoms. The van der Waals surface area contributed by atoms with E-state index in [0.29, 0.717) is 16.5 Å². The Labute approximate surface area is 195 Å². The van der Waals surface area contributed by atoms with Gasteiger partial charge in [-0.15, -0.1) is 22.7 Å². The molecule has 5 nitrogen and oxygen atoms in total. The largest absolute Gasteiger partial charge is 0.497 e. The Balaban J connectivity index is 1.54. The fourth-order valence-electron chi connectivity index (χ4n) is 4.76. The Morgan fingerprint density at radius 1 is 1.12 bits per heavy atom. The number of thiophene rings is 2. The average molecular weight is 468 g/mol. The Kier molecular flexibility index (Phi) is 5.55. The van der Waals surface area contributed by atoms with Crippen LogP contribution in [0.15, 0.2) is 23.6 Å². The van der Waals surface area contributed by atoms with Crippen molar-refractivity contribution in [2.45, 2.75) is 39.0 Å². The molecule has 0 spiro atoms. The predicted molar refractivity (Wildman–Crippen MR) is 129 cm³/mol. The zero-order chi connectivity index (χ0) is 22.4. The van der Waals surface area contributed by atoms with Crippen LogP contribution in [0.2, 0.25) is 0 Å². The first kappa shape index (κ1) is 21.2. The third-order valence-electron chi connectivity index (χ3n) is 6.45. The molecule has 2 heterocycles. The number of hydrogen-bond donors (Lipinski definition) is 1. The Hall–Kier alpha value is -2.64. The topological polar surface area (TPSA) is 64.6 Å². The number of amides is 1. The number of fused-ring (bicyclic) bond motifs is 4. The number of ether oxygens (including phenoxy) is 2. The molecular weight excluding hydrogens is 442 g/mol. The monoisotopic (exact) mass is 467 g/mol. The normalized spacial score (nSPS) is 16.5. The van der Waals surface area contributed by atoms with E-state index in [-0.39, 0.29) is 5.91 Å². The summed E-state index contributed by atoms with van der Waals surface area (Å²) in [5, 5.41) is 5.59. The van der Waals surface area contributed by atoms with Gasteiger partial charge in [-0.1, -0.05) is 13.0 Å². The minimum absolute atomic E-state index is 0.143. The van der Waals surface area contributed by atoms with Gasteiger partial charge in [0.2, 0.25) is 0 Å². The molecule has 0 saturated heterocycles. The first-order chi connectivity index (χ1) is 15.5. The third kappa shape index (κ3) is 3.53. The molecule has 1 unspecified atom stereocenters. The second-order valence-electron chi connectivity index (χ2n) is 8.47. The van der Waals surface area contributed by atoms with E-state index in [9.17, 15) is 9.59 Å². The smallest absolute Gasteiger partial charge is 0.341 e. The molecule has 2 aromatic heterocycles. The van der Waals surface area contributed by atoms with E-state index in [2.05, 4.69) is 12.2 Å². The Morgan fingerprint density at radius 3 is 2.75 bits per heavy atom. The van der Waals surface area contributed by atoms with Gasteiger partial charge < -0.3 is 14.8 Å². The van der Waals surface area contributed by atoms with E-state index < -0.39 is 5.97 Å². The summed E-state index contributed by atoms with van der Waals surface area (Å²) in [6.07, 6.45) is 4.75. The van der Waals surface area contributed by atoms with E-state index in [1.807, 2.05) is 23.6 Å². The van der Waals surface area contributed by atoms with Crippen LogP contribution < -0.4 is 10.1 Å². The number of aryl methyl sites for hydroxylation is 2. The van der Waals surface area contributed by atoms with Crippen LogP contribution >= 0.6 is 22.7 Å². The maximum Gasteiger partial charge on any atom is 0.341 e. The van der Waals surface area contributed by atoms with Crippen molar-refractivity contribution in [2.75, 3.05) is 19.5 Å². The third-order valence-corrected chi connectivity index (χ3v) is 8.66. The summed E-state index contributed by atoms with van der Waals surface area (Å²) in [7, 11) is 3.03. The summed E-state index contributed by atoms with van der Waals surface area (Å²) in [4.78, 5) is 28.5. The van der Waals surface area contributed by atoms with E-state index in [1.165, 1.54) is 28.9 Å². The van der Waals surface area contributed by atoms with E-state index in [1.54, 1.807) is 18.4 Å². The molecule has 166 valence electrons. The quantitative estimate of drug-likeness (QED) is 0.497. The molecule has 1 aromatic carbocycles. The first-order valence-corrected chi connectivity index (χ1v) is 12.5. The lowest BCUT2D eigenvalue weighted by atomic mass is 9.88. The summed E-state index contributed by atoms with van der Waals surface area (Å²) >= 11 is 3.15. The van der Waals surface area contributed by atoms with Crippen molar-refractivity contribution >= 4 is 39.6 Å². The van der Waals surface area contributed by atoms with Crippen molar-refractivity contribution in [2.24, 2.45) is 5.92 Å². The maximum absolute atomic E-state index is 13.3. The Morgan fingerprint density at radius 2 is 1.97 bits per heavy atom. The summed E-state index contributed by atoms with van der Waals surface area (Å²) in [5.74, 6) is 0.885. The molecule has 1 atom stereocenters. The van der Waals surface area contributed by atoms with Crippen molar-refractivity contribution in [1.82, 2.24) is 0 Å². The molecule has 0 saturated carbocycles. The SMILES string of the molecule is COC(=O)c1c(NC(=O)c2csc3c2CCC(C)C3)sc2c1-c1ccc(OC)cc1CC2. The highest BCUT2D eigenvalue weighted by molar-refractivity contribution is 7.17. The molecule has 0 radical (unpaired) electrons. The summed E-state index contributed by atoms with van der Waals surface area (Å²) < 4.78 is 10.5. The second kappa shape index (κ2) is 8.37. The summed E-state index contributed by atoms with van der Waals surface area (Å²) in [6.45, 7) is 2.26. The number of anilines is 1.